The molecular weight excluding hydrogens is 306 g/mol. The van der Waals surface area contributed by atoms with Gasteiger partial charge in [-0.25, -0.2) is 4.79 Å². The molecule has 2 heterocycles. The molecule has 0 spiro atoms. The lowest BCUT2D eigenvalue weighted by Gasteiger charge is -2.35. The third-order valence-corrected chi connectivity index (χ3v) is 4.27. The first kappa shape index (κ1) is 16.9. The Morgan fingerprint density at radius 2 is 1.83 bits per heavy atom. The summed E-state index contributed by atoms with van der Waals surface area (Å²) >= 11 is 0. The second-order valence-electron chi connectivity index (χ2n) is 7.67. The van der Waals surface area contributed by atoms with Gasteiger partial charge in [-0.1, -0.05) is 26.8 Å². The van der Waals surface area contributed by atoms with Crippen molar-refractivity contribution in [1.82, 2.24) is 15.1 Å². The molecule has 0 aromatic heterocycles. The number of urea groups is 1. The number of amides is 2. The Kier molecular flexibility index (Phi) is 4.85. The summed E-state index contributed by atoms with van der Waals surface area (Å²) < 4.78 is 10.8. The van der Waals surface area contributed by atoms with Crippen LogP contribution in [0.15, 0.2) is 18.2 Å². The molecule has 0 unspecified atom stereocenters. The molecule has 1 fully saturated rings. The van der Waals surface area contributed by atoms with Gasteiger partial charge >= 0.3 is 6.03 Å². The van der Waals surface area contributed by atoms with E-state index in [0.717, 1.165) is 44.2 Å². The number of ether oxygens (including phenoxy) is 2. The molecule has 2 aliphatic rings. The van der Waals surface area contributed by atoms with E-state index in [0.29, 0.717) is 13.3 Å². The van der Waals surface area contributed by atoms with Crippen molar-refractivity contribution in [2.75, 3.05) is 39.5 Å². The number of nitrogens with zero attached hydrogens (tertiary/aromatic N) is 2. The van der Waals surface area contributed by atoms with Crippen molar-refractivity contribution < 1.29 is 14.3 Å². The molecule has 2 aliphatic heterocycles. The lowest BCUT2D eigenvalue weighted by molar-refractivity contribution is 0.133. The van der Waals surface area contributed by atoms with Crippen LogP contribution in [0.1, 0.15) is 26.3 Å². The van der Waals surface area contributed by atoms with Gasteiger partial charge in [0.25, 0.3) is 0 Å². The number of hydrogen-bond acceptors (Lipinski definition) is 4. The first-order valence-electron chi connectivity index (χ1n) is 8.54. The number of carbonyl (C=O) groups excluding carboxylic acids is 1. The van der Waals surface area contributed by atoms with Gasteiger partial charge < -0.3 is 19.7 Å². The van der Waals surface area contributed by atoms with Gasteiger partial charge in [0.05, 0.1) is 0 Å². The predicted octanol–water partition coefficient (Wildman–Crippen LogP) is 2.29. The van der Waals surface area contributed by atoms with Gasteiger partial charge in [-0.3, -0.25) is 4.90 Å². The van der Waals surface area contributed by atoms with Crippen molar-refractivity contribution in [2.24, 2.45) is 5.41 Å². The number of hydrogen-bond donors (Lipinski definition) is 1. The van der Waals surface area contributed by atoms with Gasteiger partial charge in [-0.2, -0.15) is 0 Å². The van der Waals surface area contributed by atoms with Gasteiger partial charge in [0.2, 0.25) is 6.79 Å². The van der Waals surface area contributed by atoms with Crippen molar-refractivity contribution in [2.45, 2.75) is 27.3 Å². The monoisotopic (exact) mass is 333 g/mol. The summed E-state index contributed by atoms with van der Waals surface area (Å²) in [5, 5.41) is 3.02. The van der Waals surface area contributed by atoms with Crippen molar-refractivity contribution in [3.63, 3.8) is 0 Å². The van der Waals surface area contributed by atoms with E-state index in [1.165, 1.54) is 5.56 Å². The van der Waals surface area contributed by atoms with Crippen LogP contribution < -0.4 is 14.8 Å². The topological polar surface area (TPSA) is 54.0 Å². The highest BCUT2D eigenvalue weighted by Gasteiger charge is 2.23. The van der Waals surface area contributed by atoms with Crippen LogP contribution in [-0.4, -0.2) is 55.3 Å². The van der Waals surface area contributed by atoms with Crippen LogP contribution >= 0.6 is 0 Å². The summed E-state index contributed by atoms with van der Waals surface area (Å²) in [4.78, 5) is 16.5. The molecule has 6 nitrogen and oxygen atoms in total. The molecule has 0 bridgehead atoms. The Bertz CT molecular complexity index is 590. The van der Waals surface area contributed by atoms with E-state index in [4.69, 9.17) is 9.47 Å². The minimum Gasteiger partial charge on any atom is -0.454 e. The van der Waals surface area contributed by atoms with Crippen LogP contribution in [0.2, 0.25) is 0 Å². The quantitative estimate of drug-likeness (QED) is 0.922. The van der Waals surface area contributed by atoms with Crippen molar-refractivity contribution in [1.29, 1.82) is 0 Å². The summed E-state index contributed by atoms with van der Waals surface area (Å²) in [6.45, 7) is 11.5. The number of rotatable bonds is 3. The van der Waals surface area contributed by atoms with Crippen molar-refractivity contribution in [3.8, 4) is 11.5 Å². The average Bonchev–Trinajstić information content (AvgIpc) is 3.00. The van der Waals surface area contributed by atoms with E-state index in [-0.39, 0.29) is 11.4 Å². The first-order chi connectivity index (χ1) is 11.4. The molecule has 1 aromatic carbocycles. The highest BCUT2D eigenvalue weighted by atomic mass is 16.7. The maximum Gasteiger partial charge on any atom is 0.317 e. The van der Waals surface area contributed by atoms with Gasteiger partial charge in [0, 0.05) is 39.3 Å². The van der Waals surface area contributed by atoms with E-state index in [2.05, 4.69) is 37.1 Å². The van der Waals surface area contributed by atoms with E-state index in [1.54, 1.807) is 0 Å². The van der Waals surface area contributed by atoms with Gasteiger partial charge in [0.1, 0.15) is 0 Å². The number of nitrogens with one attached hydrogen (secondary N) is 1. The number of benzene rings is 1. The molecule has 0 saturated carbocycles. The third-order valence-electron chi connectivity index (χ3n) is 4.27. The van der Waals surface area contributed by atoms with Crippen LogP contribution in [0.25, 0.3) is 0 Å². The Hall–Kier alpha value is -1.95. The highest BCUT2D eigenvalue weighted by molar-refractivity contribution is 5.74. The Morgan fingerprint density at radius 1 is 1.12 bits per heavy atom. The minimum absolute atomic E-state index is 0.0488. The van der Waals surface area contributed by atoms with E-state index in [9.17, 15) is 4.79 Å². The molecule has 0 radical (unpaired) electrons. The molecule has 1 saturated heterocycles. The van der Waals surface area contributed by atoms with Crippen LogP contribution in [0.3, 0.4) is 0 Å². The molecule has 24 heavy (non-hydrogen) atoms. The molecule has 1 aromatic rings. The lowest BCUT2D eigenvalue weighted by atomic mass is 9.97. The summed E-state index contributed by atoms with van der Waals surface area (Å²) in [5.41, 5.74) is 1.32. The maximum absolute atomic E-state index is 12.2. The van der Waals surface area contributed by atoms with Crippen LogP contribution in [0, 0.1) is 5.41 Å². The van der Waals surface area contributed by atoms with Crippen molar-refractivity contribution in [3.05, 3.63) is 23.8 Å². The van der Waals surface area contributed by atoms with Gasteiger partial charge in [0.15, 0.2) is 11.5 Å². The fraction of sp³-hybridized carbons (Fsp3) is 0.611. The molecule has 2 amide bonds. The fourth-order valence-corrected chi connectivity index (χ4v) is 2.86. The third kappa shape index (κ3) is 4.32. The Morgan fingerprint density at radius 3 is 2.54 bits per heavy atom. The average molecular weight is 333 g/mol. The largest absolute Gasteiger partial charge is 0.454 e. The Balaban J connectivity index is 1.46. The zero-order valence-electron chi connectivity index (χ0n) is 14.8. The normalized spacial score (nSPS) is 17.9. The number of piperazine rings is 1. The first-order valence-corrected chi connectivity index (χ1v) is 8.54. The number of fused-ring (bicyclic) bond motifs is 1. The molecule has 132 valence electrons. The number of carbonyl (C=O) groups is 1. The molecule has 3 rings (SSSR count). The lowest BCUT2D eigenvalue weighted by Crippen LogP contribution is -2.52. The molecule has 0 atom stereocenters. The standard InChI is InChI=1S/C18H27N3O3/c1-18(2,3)12-19-17(22)21-8-6-20(7-9-21)11-14-4-5-15-16(10-14)24-13-23-15/h4-5,10H,6-9,11-13H2,1-3H3,(H,19,22). The predicted molar refractivity (Wildman–Crippen MR) is 92.3 cm³/mol. The summed E-state index contributed by atoms with van der Waals surface area (Å²) in [6.07, 6.45) is 0. The molecule has 0 aliphatic carbocycles. The zero-order chi connectivity index (χ0) is 17.2. The van der Waals surface area contributed by atoms with Gasteiger partial charge in [-0.05, 0) is 23.1 Å². The summed E-state index contributed by atoms with van der Waals surface area (Å²) in [5.74, 6) is 1.65. The Labute approximate surface area is 143 Å². The smallest absolute Gasteiger partial charge is 0.317 e. The molecule has 1 N–H and O–H groups in total. The SMILES string of the molecule is CC(C)(C)CNC(=O)N1CCN(Cc2ccc3c(c2)OCO3)CC1. The second-order valence-corrected chi connectivity index (χ2v) is 7.67. The van der Waals surface area contributed by atoms with E-state index < -0.39 is 0 Å². The van der Waals surface area contributed by atoms with E-state index >= 15 is 0 Å². The minimum atomic E-state index is 0.0488. The van der Waals surface area contributed by atoms with Crippen molar-refractivity contribution >= 4 is 6.03 Å². The zero-order valence-corrected chi connectivity index (χ0v) is 14.8. The van der Waals surface area contributed by atoms with Gasteiger partial charge in [-0.15, -0.1) is 0 Å². The van der Waals surface area contributed by atoms with E-state index in [1.807, 2.05) is 17.0 Å². The molecule has 6 heteroatoms. The molecular formula is C18H27N3O3. The van der Waals surface area contributed by atoms with Crippen LogP contribution in [0.5, 0.6) is 11.5 Å². The summed E-state index contributed by atoms with van der Waals surface area (Å²) in [7, 11) is 0. The summed E-state index contributed by atoms with van der Waals surface area (Å²) in [6, 6.07) is 6.14. The highest BCUT2D eigenvalue weighted by Crippen LogP contribution is 2.32. The maximum atomic E-state index is 12.2. The van der Waals surface area contributed by atoms with Crippen LogP contribution in [0.4, 0.5) is 4.79 Å². The fourth-order valence-electron chi connectivity index (χ4n) is 2.86. The van der Waals surface area contributed by atoms with Crippen LogP contribution in [-0.2, 0) is 6.54 Å². The second kappa shape index (κ2) is 6.89.